The van der Waals surface area contributed by atoms with E-state index in [0.29, 0.717) is 23.0 Å². The maximum atomic E-state index is 10.4. The summed E-state index contributed by atoms with van der Waals surface area (Å²) in [5, 5.41) is 41.5. The van der Waals surface area contributed by atoms with Crippen LogP contribution in [0.4, 0.5) is 0 Å². The number of phenols is 4. The Bertz CT molecular complexity index is 1510. The molecule has 2 aliphatic heterocycles. The van der Waals surface area contributed by atoms with Crippen LogP contribution < -0.4 is 9.47 Å². The molecule has 4 aromatic carbocycles. The van der Waals surface area contributed by atoms with Crippen molar-refractivity contribution in [2.75, 3.05) is 0 Å². The highest BCUT2D eigenvalue weighted by molar-refractivity contribution is 5.65. The third-order valence-electron chi connectivity index (χ3n) is 9.36. The Morgan fingerprint density at radius 3 is 1.46 bits per heavy atom. The maximum absolute atomic E-state index is 10.4. The van der Waals surface area contributed by atoms with Gasteiger partial charge in [0, 0.05) is 57.9 Å². The second-order valence-electron chi connectivity index (χ2n) is 11.3. The topological polar surface area (TPSA) is 99.4 Å². The quantitative estimate of drug-likeness (QED) is 0.214. The number of rotatable bonds is 2. The number of ether oxygens (including phenoxy) is 2. The zero-order valence-electron chi connectivity index (χ0n) is 21.6. The second-order valence-corrected chi connectivity index (χ2v) is 11.3. The van der Waals surface area contributed by atoms with Crippen molar-refractivity contribution in [2.45, 2.75) is 50.4 Å². The predicted octanol–water partition coefficient (Wildman–Crippen LogP) is 7.81. The molecule has 39 heavy (non-hydrogen) atoms. The molecular weight excluding hydrogens is 492 g/mol. The Balaban J connectivity index is 1.58. The minimum atomic E-state index is -0.593. The molecule has 0 unspecified atom stereocenters. The van der Waals surface area contributed by atoms with Crippen molar-refractivity contribution in [1.82, 2.24) is 0 Å². The van der Waals surface area contributed by atoms with E-state index in [1.54, 1.807) is 48.5 Å². The Labute approximate surface area is 226 Å². The molecule has 3 aliphatic rings. The van der Waals surface area contributed by atoms with E-state index >= 15 is 0 Å². The van der Waals surface area contributed by atoms with Crippen LogP contribution in [0, 0.1) is 5.41 Å². The summed E-state index contributed by atoms with van der Waals surface area (Å²) < 4.78 is 12.6. The molecule has 6 nitrogen and oxygen atoms in total. The van der Waals surface area contributed by atoms with Gasteiger partial charge in [0.2, 0.25) is 0 Å². The highest BCUT2D eigenvalue weighted by Crippen LogP contribution is 2.69. The number of benzene rings is 4. The van der Waals surface area contributed by atoms with Gasteiger partial charge in [-0.3, -0.25) is 0 Å². The molecule has 7 rings (SSSR count). The van der Waals surface area contributed by atoms with E-state index in [1.165, 1.54) is 0 Å². The van der Waals surface area contributed by atoms with Crippen LogP contribution >= 0.6 is 0 Å². The third-order valence-corrected chi connectivity index (χ3v) is 9.36. The van der Waals surface area contributed by atoms with Crippen molar-refractivity contribution in [2.24, 2.45) is 5.41 Å². The molecule has 0 saturated heterocycles. The fourth-order valence-electron chi connectivity index (χ4n) is 7.66. The molecule has 2 heterocycles. The molecule has 1 aliphatic carbocycles. The Kier molecular flexibility index (Phi) is 5.08. The van der Waals surface area contributed by atoms with Crippen molar-refractivity contribution < 1.29 is 29.9 Å². The van der Waals surface area contributed by atoms with E-state index in [4.69, 9.17) is 9.47 Å². The average molecular weight is 523 g/mol. The molecule has 4 aromatic rings. The van der Waals surface area contributed by atoms with E-state index in [2.05, 4.69) is 6.92 Å². The third kappa shape index (κ3) is 3.33. The van der Waals surface area contributed by atoms with Gasteiger partial charge >= 0.3 is 0 Å². The molecular formula is C33H30O6. The van der Waals surface area contributed by atoms with E-state index in [-0.39, 0.29) is 34.3 Å². The molecule has 0 atom stereocenters. The van der Waals surface area contributed by atoms with Gasteiger partial charge in [-0.2, -0.15) is 0 Å². The molecule has 6 heteroatoms. The molecule has 0 bridgehead atoms. The summed E-state index contributed by atoms with van der Waals surface area (Å²) in [7, 11) is 0. The van der Waals surface area contributed by atoms with Gasteiger partial charge in [0.1, 0.15) is 46.0 Å². The molecule has 0 radical (unpaired) electrons. The normalized spacial score (nSPS) is 18.5. The summed E-state index contributed by atoms with van der Waals surface area (Å²) in [6.07, 6.45) is 5.03. The van der Waals surface area contributed by atoms with Crippen LogP contribution in [0.1, 0.15) is 67.2 Å². The van der Waals surface area contributed by atoms with Crippen LogP contribution in [0.15, 0.2) is 72.8 Å². The zero-order chi connectivity index (χ0) is 26.9. The van der Waals surface area contributed by atoms with Crippen LogP contribution in [0.2, 0.25) is 0 Å². The minimum Gasteiger partial charge on any atom is -0.508 e. The Morgan fingerprint density at radius 1 is 0.564 bits per heavy atom. The lowest BCUT2D eigenvalue weighted by Crippen LogP contribution is -2.51. The smallest absolute Gasteiger partial charge is 0.135 e. The van der Waals surface area contributed by atoms with Crippen LogP contribution in [0.25, 0.3) is 0 Å². The zero-order valence-corrected chi connectivity index (χ0v) is 21.6. The number of phenolic OH excluding ortho intramolecular Hbond substituents is 4. The summed E-state index contributed by atoms with van der Waals surface area (Å²) in [5.41, 5.74) is 2.96. The van der Waals surface area contributed by atoms with Crippen LogP contribution in [0.3, 0.4) is 0 Å². The fourth-order valence-corrected chi connectivity index (χ4v) is 7.66. The van der Waals surface area contributed by atoms with Gasteiger partial charge in [-0.1, -0.05) is 50.5 Å². The van der Waals surface area contributed by atoms with Crippen LogP contribution in [-0.2, 0) is 5.41 Å². The first-order valence-electron chi connectivity index (χ1n) is 13.5. The first kappa shape index (κ1) is 23.8. The molecule has 0 spiro atoms. The van der Waals surface area contributed by atoms with Crippen LogP contribution in [0.5, 0.6) is 46.0 Å². The highest BCUT2D eigenvalue weighted by atomic mass is 16.5. The summed E-state index contributed by atoms with van der Waals surface area (Å²) in [4.78, 5) is 0. The van der Waals surface area contributed by atoms with E-state index < -0.39 is 5.41 Å². The highest BCUT2D eigenvalue weighted by Gasteiger charge is 2.59. The van der Waals surface area contributed by atoms with E-state index in [0.717, 1.165) is 54.4 Å². The molecule has 0 aromatic heterocycles. The Morgan fingerprint density at radius 2 is 0.974 bits per heavy atom. The van der Waals surface area contributed by atoms with Gasteiger partial charge in [0.25, 0.3) is 0 Å². The lowest BCUT2D eigenvalue weighted by atomic mass is 9.46. The molecule has 198 valence electrons. The van der Waals surface area contributed by atoms with Gasteiger partial charge in [-0.05, 0) is 42.5 Å². The van der Waals surface area contributed by atoms with Gasteiger partial charge in [0.05, 0.1) is 0 Å². The summed E-state index contributed by atoms with van der Waals surface area (Å²) >= 11 is 0. The largest absolute Gasteiger partial charge is 0.508 e. The van der Waals surface area contributed by atoms with Crippen molar-refractivity contribution in [3.05, 3.63) is 95.1 Å². The van der Waals surface area contributed by atoms with Crippen molar-refractivity contribution >= 4 is 0 Å². The number of aromatic hydroxyl groups is 4. The standard InChI is InChI=1S/C33H30O6/c1-32(25-11-7-21(36)17-29(25)39-30-18-22(37)8-12-26(30)32)33(13-3-2-4-14-33)31-23-9-5-19(34)15-27(23)38-28-16-20(35)6-10-24(28)31/h5-12,15-18,31,34-37H,2-4,13-14H2,1H3. The van der Waals surface area contributed by atoms with Crippen molar-refractivity contribution in [3.63, 3.8) is 0 Å². The first-order valence-corrected chi connectivity index (χ1v) is 13.5. The lowest BCUT2D eigenvalue weighted by molar-refractivity contribution is 0.0673. The maximum Gasteiger partial charge on any atom is 0.135 e. The fraction of sp³-hybridized carbons (Fsp3) is 0.273. The number of hydrogen-bond donors (Lipinski definition) is 4. The second kappa shape index (κ2) is 8.34. The lowest BCUT2D eigenvalue weighted by Gasteiger charge is -2.58. The van der Waals surface area contributed by atoms with E-state index in [9.17, 15) is 20.4 Å². The Hall–Kier alpha value is -4.32. The van der Waals surface area contributed by atoms with Crippen molar-refractivity contribution in [3.8, 4) is 46.0 Å². The predicted molar refractivity (Wildman–Crippen MR) is 146 cm³/mol. The molecule has 4 N–H and O–H groups in total. The summed E-state index contributed by atoms with van der Waals surface area (Å²) in [5.74, 6) is 2.64. The van der Waals surface area contributed by atoms with E-state index in [1.807, 2.05) is 24.3 Å². The number of fused-ring (bicyclic) bond motifs is 4. The summed E-state index contributed by atoms with van der Waals surface area (Å²) in [6.45, 7) is 2.27. The van der Waals surface area contributed by atoms with Gasteiger partial charge in [0.15, 0.2) is 0 Å². The summed E-state index contributed by atoms with van der Waals surface area (Å²) in [6, 6.07) is 21.3. The van der Waals surface area contributed by atoms with Gasteiger partial charge in [-0.25, -0.2) is 0 Å². The van der Waals surface area contributed by atoms with Gasteiger partial charge in [-0.15, -0.1) is 0 Å². The average Bonchev–Trinajstić information content (AvgIpc) is 2.91. The molecule has 0 amide bonds. The monoisotopic (exact) mass is 522 g/mol. The molecule has 1 fully saturated rings. The number of hydrogen-bond acceptors (Lipinski definition) is 6. The minimum absolute atomic E-state index is 0.116. The molecule has 1 saturated carbocycles. The van der Waals surface area contributed by atoms with Gasteiger partial charge < -0.3 is 29.9 Å². The van der Waals surface area contributed by atoms with Crippen LogP contribution in [-0.4, -0.2) is 20.4 Å². The first-order chi connectivity index (χ1) is 18.8. The van der Waals surface area contributed by atoms with Crippen molar-refractivity contribution in [1.29, 1.82) is 0 Å². The SMILES string of the molecule is CC1(C2(C3c4ccc(O)cc4Oc4cc(O)ccc43)CCCCC2)c2ccc(O)cc2Oc2cc(O)ccc21.